The summed E-state index contributed by atoms with van der Waals surface area (Å²) in [5.41, 5.74) is 2.29. The molecule has 0 spiro atoms. The molecular formula is C20H24N2O2. The van der Waals surface area contributed by atoms with Gasteiger partial charge in [-0.3, -0.25) is 9.88 Å². The first-order chi connectivity index (χ1) is 11.9. The van der Waals surface area contributed by atoms with Crippen LogP contribution in [0.15, 0.2) is 48.7 Å². The van der Waals surface area contributed by atoms with E-state index >= 15 is 0 Å². The fourth-order valence-electron chi connectivity index (χ4n) is 3.77. The Morgan fingerprint density at radius 3 is 2.88 bits per heavy atom. The number of morpholine rings is 1. The van der Waals surface area contributed by atoms with Crippen molar-refractivity contribution in [2.24, 2.45) is 0 Å². The van der Waals surface area contributed by atoms with Crippen LogP contribution < -0.4 is 4.74 Å². The van der Waals surface area contributed by atoms with E-state index < -0.39 is 0 Å². The van der Waals surface area contributed by atoms with Crippen molar-refractivity contribution in [3.05, 3.63) is 59.9 Å². The quantitative estimate of drug-likeness (QED) is 0.844. The van der Waals surface area contributed by atoms with E-state index in [1.54, 1.807) is 6.20 Å². The lowest BCUT2D eigenvalue weighted by Crippen LogP contribution is -2.47. The van der Waals surface area contributed by atoms with E-state index in [4.69, 9.17) is 9.47 Å². The van der Waals surface area contributed by atoms with E-state index in [1.165, 1.54) is 24.8 Å². The van der Waals surface area contributed by atoms with Crippen LogP contribution in [0, 0.1) is 0 Å². The van der Waals surface area contributed by atoms with Crippen molar-refractivity contribution >= 4 is 0 Å². The smallest absolute Gasteiger partial charge is 0.130 e. The van der Waals surface area contributed by atoms with E-state index in [9.17, 15) is 0 Å². The second-order valence-corrected chi connectivity index (χ2v) is 6.63. The van der Waals surface area contributed by atoms with E-state index in [2.05, 4.69) is 34.1 Å². The summed E-state index contributed by atoms with van der Waals surface area (Å²) in [6, 6.07) is 15.0. The molecule has 0 amide bonds. The first-order valence-electron chi connectivity index (χ1n) is 8.86. The van der Waals surface area contributed by atoms with Crippen LogP contribution in [-0.4, -0.2) is 35.2 Å². The van der Waals surface area contributed by atoms with Crippen LogP contribution in [-0.2, 0) is 17.9 Å². The molecule has 2 atom stereocenters. The van der Waals surface area contributed by atoms with Crippen LogP contribution in [0.3, 0.4) is 0 Å². The number of aromatic nitrogens is 1. The Kier molecular flexibility index (Phi) is 4.76. The van der Waals surface area contributed by atoms with Gasteiger partial charge in [0.05, 0.1) is 18.4 Å². The van der Waals surface area contributed by atoms with Crippen molar-refractivity contribution in [2.45, 2.75) is 44.6 Å². The molecule has 4 heteroatoms. The summed E-state index contributed by atoms with van der Waals surface area (Å²) in [5, 5.41) is 0. The highest BCUT2D eigenvalue weighted by Gasteiger charge is 2.35. The molecule has 0 radical (unpaired) electrons. The molecule has 1 aliphatic carbocycles. The summed E-state index contributed by atoms with van der Waals surface area (Å²) >= 11 is 0. The van der Waals surface area contributed by atoms with Gasteiger partial charge in [-0.15, -0.1) is 0 Å². The number of rotatable bonds is 5. The monoisotopic (exact) mass is 324 g/mol. The Hall–Kier alpha value is -1.91. The average Bonchev–Trinajstić information content (AvgIpc) is 3.12. The molecule has 126 valence electrons. The number of ether oxygens (including phenoxy) is 2. The highest BCUT2D eigenvalue weighted by molar-refractivity contribution is 5.27. The van der Waals surface area contributed by atoms with Gasteiger partial charge in [-0.2, -0.15) is 0 Å². The maximum atomic E-state index is 5.90. The van der Waals surface area contributed by atoms with Gasteiger partial charge in [-0.05, 0) is 49.1 Å². The Morgan fingerprint density at radius 1 is 1.12 bits per heavy atom. The molecule has 0 bridgehead atoms. The Labute approximate surface area is 143 Å². The summed E-state index contributed by atoms with van der Waals surface area (Å²) in [6.45, 7) is 3.42. The lowest BCUT2D eigenvalue weighted by molar-refractivity contribution is -0.0588. The minimum Gasteiger partial charge on any atom is -0.487 e. The van der Waals surface area contributed by atoms with Gasteiger partial charge in [-0.25, -0.2) is 0 Å². The third-order valence-corrected chi connectivity index (χ3v) is 5.02. The highest BCUT2D eigenvalue weighted by atomic mass is 16.5. The second kappa shape index (κ2) is 7.32. The zero-order chi connectivity index (χ0) is 16.2. The first-order valence-corrected chi connectivity index (χ1v) is 8.86. The summed E-state index contributed by atoms with van der Waals surface area (Å²) in [7, 11) is 0. The normalized spacial score (nSPS) is 23.8. The molecule has 0 N–H and O–H groups in total. The lowest BCUT2D eigenvalue weighted by Gasteiger charge is -2.37. The number of hydrogen-bond donors (Lipinski definition) is 0. The third kappa shape index (κ3) is 3.60. The molecule has 1 aromatic carbocycles. The molecule has 0 unspecified atom stereocenters. The number of benzene rings is 1. The van der Waals surface area contributed by atoms with Gasteiger partial charge < -0.3 is 9.47 Å². The molecule has 1 saturated heterocycles. The summed E-state index contributed by atoms with van der Waals surface area (Å²) in [6.07, 6.45) is 6.05. The number of pyridine rings is 1. The number of fused-ring (bicyclic) bond motifs is 1. The molecule has 2 aliphatic rings. The molecule has 1 saturated carbocycles. The van der Waals surface area contributed by atoms with Gasteiger partial charge in [0, 0.05) is 25.3 Å². The molecule has 2 fully saturated rings. The van der Waals surface area contributed by atoms with Crippen molar-refractivity contribution in [3.63, 3.8) is 0 Å². The number of hydrogen-bond acceptors (Lipinski definition) is 4. The van der Waals surface area contributed by atoms with Gasteiger partial charge in [0.1, 0.15) is 12.4 Å². The largest absolute Gasteiger partial charge is 0.487 e. The van der Waals surface area contributed by atoms with Crippen molar-refractivity contribution in [2.75, 3.05) is 13.2 Å². The van der Waals surface area contributed by atoms with Crippen molar-refractivity contribution in [1.82, 2.24) is 9.88 Å². The molecular weight excluding hydrogens is 300 g/mol. The molecule has 4 rings (SSSR count). The standard InChI is InChI=1S/C20H24N2O2/c1-2-11-21-17(4-1)15-24-18-9-7-16(8-10-18)14-22-12-13-23-20-6-3-5-19(20)22/h1-2,4,7-11,19-20H,3,5-6,12-15H2/t19-,20-/m0/s1. The van der Waals surface area contributed by atoms with E-state index in [0.717, 1.165) is 31.1 Å². The molecule has 2 heterocycles. The van der Waals surface area contributed by atoms with Crippen LogP contribution in [0.1, 0.15) is 30.5 Å². The van der Waals surface area contributed by atoms with Crippen LogP contribution in [0.2, 0.25) is 0 Å². The first kappa shape index (κ1) is 15.6. The SMILES string of the molecule is c1ccc(COc2ccc(CN3CCO[C@H]4CCC[C@@H]43)cc2)nc1. The molecule has 4 nitrogen and oxygen atoms in total. The maximum Gasteiger partial charge on any atom is 0.130 e. The average molecular weight is 324 g/mol. The van der Waals surface area contributed by atoms with Crippen molar-refractivity contribution in [1.29, 1.82) is 0 Å². The van der Waals surface area contributed by atoms with E-state index in [1.807, 2.05) is 18.2 Å². The fraction of sp³-hybridized carbons (Fsp3) is 0.450. The highest BCUT2D eigenvalue weighted by Crippen LogP contribution is 2.30. The van der Waals surface area contributed by atoms with Gasteiger partial charge in [0.25, 0.3) is 0 Å². The second-order valence-electron chi connectivity index (χ2n) is 6.63. The molecule has 1 aromatic heterocycles. The summed E-state index contributed by atoms with van der Waals surface area (Å²) in [5.74, 6) is 0.894. The fourth-order valence-corrected chi connectivity index (χ4v) is 3.77. The van der Waals surface area contributed by atoms with Gasteiger partial charge >= 0.3 is 0 Å². The topological polar surface area (TPSA) is 34.6 Å². The molecule has 2 aromatic rings. The minimum absolute atomic E-state index is 0.458. The van der Waals surface area contributed by atoms with Crippen LogP contribution in [0.25, 0.3) is 0 Å². The Morgan fingerprint density at radius 2 is 2.04 bits per heavy atom. The predicted molar refractivity (Wildman–Crippen MR) is 92.8 cm³/mol. The minimum atomic E-state index is 0.458. The maximum absolute atomic E-state index is 5.90. The lowest BCUT2D eigenvalue weighted by atomic mass is 10.1. The zero-order valence-corrected chi connectivity index (χ0v) is 13.9. The molecule has 1 aliphatic heterocycles. The van der Waals surface area contributed by atoms with Crippen molar-refractivity contribution in [3.8, 4) is 5.75 Å². The van der Waals surface area contributed by atoms with E-state index in [-0.39, 0.29) is 0 Å². The van der Waals surface area contributed by atoms with Gasteiger partial charge in [-0.1, -0.05) is 18.2 Å². The zero-order valence-electron chi connectivity index (χ0n) is 13.9. The number of nitrogens with zero attached hydrogens (tertiary/aromatic N) is 2. The van der Waals surface area contributed by atoms with Crippen LogP contribution in [0.4, 0.5) is 0 Å². The van der Waals surface area contributed by atoms with Gasteiger partial charge in [0.15, 0.2) is 0 Å². The Bertz CT molecular complexity index is 644. The van der Waals surface area contributed by atoms with E-state index in [0.29, 0.717) is 18.8 Å². The van der Waals surface area contributed by atoms with Crippen molar-refractivity contribution < 1.29 is 9.47 Å². The Balaban J connectivity index is 1.34. The van der Waals surface area contributed by atoms with Crippen LogP contribution >= 0.6 is 0 Å². The summed E-state index contributed by atoms with van der Waals surface area (Å²) < 4.78 is 11.7. The third-order valence-electron chi connectivity index (χ3n) is 5.02. The summed E-state index contributed by atoms with van der Waals surface area (Å²) in [4.78, 5) is 6.86. The molecule has 24 heavy (non-hydrogen) atoms. The van der Waals surface area contributed by atoms with Crippen LogP contribution in [0.5, 0.6) is 5.75 Å². The predicted octanol–water partition coefficient (Wildman–Crippen LogP) is 3.41. The van der Waals surface area contributed by atoms with Gasteiger partial charge in [0.2, 0.25) is 0 Å².